The van der Waals surface area contributed by atoms with E-state index in [0.29, 0.717) is 22.0 Å². The molecular formula is C19H23N8O6S2+. The number of hydrogen-bond donors (Lipinski definition) is 5. The second-order valence-corrected chi connectivity index (χ2v) is 9.66. The predicted octanol–water partition coefficient (Wildman–Crippen LogP) is -1.82. The average Bonchev–Trinajstić information content (AvgIpc) is 3.41. The number of carboxylic acid groups (broad SMARTS) is 1. The first-order valence-corrected chi connectivity index (χ1v) is 12.1. The first kappa shape index (κ1) is 24.5. The molecular weight excluding hydrogens is 500 g/mol. The van der Waals surface area contributed by atoms with Gasteiger partial charge in [0.2, 0.25) is 0 Å². The molecule has 2 atom stereocenters. The fraction of sp³-hybridized carbons (Fsp3) is 0.368. The molecule has 1 saturated heterocycles. The molecule has 7 N–H and O–H groups in total. The van der Waals surface area contributed by atoms with Gasteiger partial charge in [0.15, 0.2) is 29.4 Å². The number of aliphatic carboxylic acids is 1. The van der Waals surface area contributed by atoms with Crippen LogP contribution in [0.25, 0.3) is 0 Å². The number of fused-ring (bicyclic) bond motifs is 1. The van der Waals surface area contributed by atoms with E-state index in [1.807, 2.05) is 0 Å². The van der Waals surface area contributed by atoms with Crippen molar-refractivity contribution in [3.05, 3.63) is 34.6 Å². The quantitative estimate of drug-likeness (QED) is 0.108. The molecule has 2 aliphatic rings. The van der Waals surface area contributed by atoms with E-state index in [2.05, 4.69) is 15.5 Å². The first-order valence-electron chi connectivity index (χ1n) is 10.3. The van der Waals surface area contributed by atoms with Crippen molar-refractivity contribution in [2.24, 2.45) is 5.16 Å². The number of carboxylic acids is 1. The fourth-order valence-electron chi connectivity index (χ4n) is 3.86. The molecule has 14 nitrogen and oxygen atoms in total. The van der Waals surface area contributed by atoms with Gasteiger partial charge in [0.25, 0.3) is 11.8 Å². The van der Waals surface area contributed by atoms with Gasteiger partial charge in [0.05, 0.1) is 17.6 Å². The number of nitrogens with one attached hydrogen (secondary N) is 1. The normalized spacial score (nSPS) is 19.9. The number of aliphatic hydroxyl groups excluding tert-OH is 1. The highest BCUT2D eigenvalue weighted by Crippen LogP contribution is 2.40. The van der Waals surface area contributed by atoms with E-state index in [-0.39, 0.29) is 36.2 Å². The number of aromatic nitrogens is 3. The molecule has 2 aromatic rings. The third-order valence-electron chi connectivity index (χ3n) is 5.38. The second-order valence-electron chi connectivity index (χ2n) is 7.49. The summed E-state index contributed by atoms with van der Waals surface area (Å²) in [4.78, 5) is 48.1. The largest absolute Gasteiger partial charge is 0.477 e. The van der Waals surface area contributed by atoms with Gasteiger partial charge in [0.1, 0.15) is 30.8 Å². The lowest BCUT2D eigenvalue weighted by molar-refractivity contribution is -0.767. The number of oxime groups is 1. The number of rotatable bonds is 9. The first-order chi connectivity index (χ1) is 16.8. The molecule has 0 aromatic carbocycles. The lowest BCUT2D eigenvalue weighted by atomic mass is 10.0. The number of nitrogens with two attached hydrogens (primary N) is 2. The molecule has 0 spiro atoms. The lowest BCUT2D eigenvalue weighted by Gasteiger charge is -2.49. The van der Waals surface area contributed by atoms with E-state index >= 15 is 0 Å². The Bertz CT molecular complexity index is 1240. The van der Waals surface area contributed by atoms with Crippen molar-refractivity contribution in [2.45, 2.75) is 24.5 Å². The topological polar surface area (TPSA) is 202 Å². The highest BCUT2D eigenvalue weighted by molar-refractivity contribution is 8.00. The van der Waals surface area contributed by atoms with Crippen LogP contribution in [0.1, 0.15) is 4.88 Å². The van der Waals surface area contributed by atoms with E-state index in [0.717, 1.165) is 11.3 Å². The Balaban J connectivity index is 1.54. The standard InChI is InChI=1S/C19H22N8O6S2/c1-33-24-12(10-6-22-19(21)35-10)15(29)23-13-16(30)27-14(18(31)32)9(8-34-17(13)27)7-25-3-2-11(20)26(25)4-5-28/h2-3,6,13,17,20,28H,4-5,7-8H2,1H3,(H4,21,22,23,24,29,31,32)/p+1/t13-,17?/m1/s1. The number of aliphatic hydroxyl groups is 1. The van der Waals surface area contributed by atoms with Gasteiger partial charge in [-0.05, 0) is 0 Å². The van der Waals surface area contributed by atoms with Gasteiger partial charge in [-0.25, -0.2) is 9.78 Å². The second kappa shape index (κ2) is 9.93. The molecule has 186 valence electrons. The van der Waals surface area contributed by atoms with Gasteiger partial charge >= 0.3 is 5.97 Å². The molecule has 2 amide bonds. The van der Waals surface area contributed by atoms with Crippen molar-refractivity contribution in [3.63, 3.8) is 0 Å². The molecule has 0 radical (unpaired) electrons. The van der Waals surface area contributed by atoms with Crippen LogP contribution in [-0.2, 0) is 32.3 Å². The zero-order chi connectivity index (χ0) is 25.3. The van der Waals surface area contributed by atoms with Crippen LogP contribution in [0.5, 0.6) is 0 Å². The Hall–Kier alpha value is -3.63. The number of anilines is 2. The third-order valence-corrected chi connectivity index (χ3v) is 7.55. The zero-order valence-corrected chi connectivity index (χ0v) is 20.1. The Morgan fingerprint density at radius 2 is 2.20 bits per heavy atom. The smallest absolute Gasteiger partial charge is 0.352 e. The monoisotopic (exact) mass is 523 g/mol. The number of β-lactam (4-membered cyclic amide) rings is 1. The molecule has 2 aliphatic heterocycles. The number of amides is 2. The van der Waals surface area contributed by atoms with Gasteiger partial charge in [0, 0.05) is 17.5 Å². The number of thioether (sulfide) groups is 1. The summed E-state index contributed by atoms with van der Waals surface area (Å²) < 4.78 is 3.30. The molecule has 35 heavy (non-hydrogen) atoms. The number of thiazole rings is 1. The van der Waals surface area contributed by atoms with Crippen LogP contribution in [0.2, 0.25) is 0 Å². The predicted molar refractivity (Wildman–Crippen MR) is 126 cm³/mol. The Morgan fingerprint density at radius 3 is 2.83 bits per heavy atom. The van der Waals surface area contributed by atoms with Crippen molar-refractivity contribution < 1.29 is 34.1 Å². The minimum absolute atomic E-state index is 0.0953. The maximum Gasteiger partial charge on any atom is 0.352 e. The van der Waals surface area contributed by atoms with Gasteiger partial charge in [-0.1, -0.05) is 16.5 Å². The number of carbonyl (C=O) groups excluding carboxylic acids is 2. The summed E-state index contributed by atoms with van der Waals surface area (Å²) in [5.41, 5.74) is 11.8. The summed E-state index contributed by atoms with van der Waals surface area (Å²) >= 11 is 2.36. The molecule has 0 aliphatic carbocycles. The Labute approximate surface area is 206 Å². The van der Waals surface area contributed by atoms with Gasteiger partial charge in [-0.3, -0.25) is 14.5 Å². The number of hydrogen-bond acceptors (Lipinski definition) is 11. The van der Waals surface area contributed by atoms with E-state index in [1.165, 1.54) is 30.0 Å². The van der Waals surface area contributed by atoms with E-state index in [4.69, 9.17) is 16.3 Å². The Kier molecular flexibility index (Phi) is 6.95. The summed E-state index contributed by atoms with van der Waals surface area (Å²) in [6, 6.07) is 0.698. The van der Waals surface area contributed by atoms with Crippen molar-refractivity contribution in [1.29, 1.82) is 0 Å². The van der Waals surface area contributed by atoms with Crippen LogP contribution in [0, 0.1) is 0 Å². The molecule has 4 rings (SSSR count). The minimum atomic E-state index is -1.25. The zero-order valence-electron chi connectivity index (χ0n) is 18.4. The molecule has 1 unspecified atom stereocenters. The highest BCUT2D eigenvalue weighted by Gasteiger charge is 2.55. The highest BCUT2D eigenvalue weighted by atomic mass is 32.2. The summed E-state index contributed by atoms with van der Waals surface area (Å²) in [5.74, 6) is -1.75. The maximum absolute atomic E-state index is 13.0. The van der Waals surface area contributed by atoms with Crippen LogP contribution in [0.15, 0.2) is 34.9 Å². The number of carbonyl (C=O) groups is 3. The maximum atomic E-state index is 13.0. The molecule has 0 saturated carbocycles. The number of nitrogen functional groups attached to an aromatic ring is 2. The third kappa shape index (κ3) is 4.54. The SMILES string of the molecule is CO/N=C(\C(=O)N[C@@H]1C(=O)N2C(C(=O)O)=C(C[n+]3ccc(N)n3CCO)CSC12)c1cnc(N)s1. The van der Waals surface area contributed by atoms with E-state index in [9.17, 15) is 24.6 Å². The average molecular weight is 524 g/mol. The van der Waals surface area contributed by atoms with Gasteiger partial charge in [-0.2, -0.15) is 0 Å². The molecule has 4 heterocycles. The van der Waals surface area contributed by atoms with Crippen LogP contribution in [0.4, 0.5) is 10.9 Å². The van der Waals surface area contributed by atoms with Crippen molar-refractivity contribution >= 4 is 57.5 Å². The van der Waals surface area contributed by atoms with Crippen LogP contribution in [-0.4, -0.2) is 79.2 Å². The van der Waals surface area contributed by atoms with Crippen molar-refractivity contribution in [3.8, 4) is 0 Å². The van der Waals surface area contributed by atoms with Gasteiger partial charge in [-0.15, -0.1) is 21.1 Å². The van der Waals surface area contributed by atoms with Crippen molar-refractivity contribution in [2.75, 3.05) is 30.9 Å². The Morgan fingerprint density at radius 1 is 1.43 bits per heavy atom. The molecule has 16 heteroatoms. The summed E-state index contributed by atoms with van der Waals surface area (Å²) in [7, 11) is 1.28. The lowest BCUT2D eigenvalue weighted by Crippen LogP contribution is -2.71. The molecule has 1 fully saturated rings. The number of nitrogens with zero attached hydrogens (tertiary/aromatic N) is 5. The fourth-order valence-corrected chi connectivity index (χ4v) is 5.86. The van der Waals surface area contributed by atoms with E-state index in [1.54, 1.807) is 21.6 Å². The summed E-state index contributed by atoms with van der Waals surface area (Å²) in [6.07, 6.45) is 3.05. The van der Waals surface area contributed by atoms with E-state index < -0.39 is 29.2 Å². The van der Waals surface area contributed by atoms with Crippen molar-refractivity contribution in [1.82, 2.24) is 19.9 Å². The van der Waals surface area contributed by atoms with Crippen LogP contribution in [0.3, 0.4) is 0 Å². The summed E-state index contributed by atoms with van der Waals surface area (Å²) in [5, 5.41) is 25.2. The molecule has 2 aromatic heterocycles. The van der Waals surface area contributed by atoms with Crippen LogP contribution >= 0.6 is 23.1 Å². The minimum Gasteiger partial charge on any atom is -0.477 e. The molecule has 0 bridgehead atoms. The van der Waals surface area contributed by atoms with Crippen LogP contribution < -0.4 is 21.5 Å². The summed E-state index contributed by atoms with van der Waals surface area (Å²) in [6.45, 7) is 0.254. The van der Waals surface area contributed by atoms with Gasteiger partial charge < -0.3 is 31.8 Å².